The zero-order valence-corrected chi connectivity index (χ0v) is 10.2. The Morgan fingerprint density at radius 2 is 1.87 bits per heavy atom. The Bertz CT molecular complexity index is 244. The maximum absolute atomic E-state index is 11.9. The quantitative estimate of drug-likeness (QED) is 0.202. The fourth-order valence-corrected chi connectivity index (χ4v) is 2.82. The van der Waals surface area contributed by atoms with Gasteiger partial charge in [0.2, 0.25) is 0 Å². The molecule has 0 spiro atoms. The van der Waals surface area contributed by atoms with Crippen LogP contribution >= 0.6 is 7.60 Å². The van der Waals surface area contributed by atoms with Crippen molar-refractivity contribution in [3.05, 3.63) is 10.4 Å². The predicted molar refractivity (Wildman–Crippen MR) is 59.0 cm³/mol. The van der Waals surface area contributed by atoms with Gasteiger partial charge < -0.3 is 9.05 Å². The summed E-state index contributed by atoms with van der Waals surface area (Å²) in [6.07, 6.45) is 1.76. The highest BCUT2D eigenvalue weighted by Crippen LogP contribution is 2.48. The van der Waals surface area contributed by atoms with Crippen LogP contribution in [0.15, 0.2) is 5.11 Å². The summed E-state index contributed by atoms with van der Waals surface area (Å²) in [6.45, 7) is 4.76. The Kier molecular flexibility index (Phi) is 8.43. The molecule has 0 N–H and O–H groups in total. The van der Waals surface area contributed by atoms with Gasteiger partial charge in [0.15, 0.2) is 0 Å². The van der Waals surface area contributed by atoms with E-state index in [9.17, 15) is 4.57 Å². The molecular formula is C8H18N3O3P. The molecule has 0 radical (unpaired) electrons. The van der Waals surface area contributed by atoms with Crippen molar-refractivity contribution in [1.29, 1.82) is 0 Å². The fraction of sp³-hybridized carbons (Fsp3) is 1.00. The van der Waals surface area contributed by atoms with Gasteiger partial charge in [-0.2, -0.15) is 0 Å². The largest absolute Gasteiger partial charge is 0.330 e. The van der Waals surface area contributed by atoms with Gasteiger partial charge in [-0.05, 0) is 32.2 Å². The molecule has 0 unspecified atom stereocenters. The van der Waals surface area contributed by atoms with E-state index in [0.717, 1.165) is 0 Å². The molecule has 0 atom stereocenters. The molecule has 0 aliphatic carbocycles. The first-order valence-corrected chi connectivity index (χ1v) is 6.80. The molecule has 0 aromatic carbocycles. The van der Waals surface area contributed by atoms with Gasteiger partial charge in [-0.3, -0.25) is 4.57 Å². The number of rotatable bonds is 9. The number of hydrogen-bond donors (Lipinski definition) is 0. The highest BCUT2D eigenvalue weighted by molar-refractivity contribution is 7.53. The molecule has 0 aromatic rings. The van der Waals surface area contributed by atoms with Crippen LogP contribution in [-0.4, -0.2) is 25.9 Å². The summed E-state index contributed by atoms with van der Waals surface area (Å²) < 4.78 is 22.1. The zero-order chi connectivity index (χ0) is 11.6. The van der Waals surface area contributed by atoms with Crippen molar-refractivity contribution < 1.29 is 13.6 Å². The minimum absolute atomic E-state index is 0.383. The van der Waals surface area contributed by atoms with Crippen molar-refractivity contribution in [3.63, 3.8) is 0 Å². The first-order chi connectivity index (χ1) is 7.18. The van der Waals surface area contributed by atoms with Crippen LogP contribution in [0.25, 0.3) is 10.4 Å². The Morgan fingerprint density at radius 1 is 1.27 bits per heavy atom. The molecule has 0 heterocycles. The molecule has 0 aliphatic rings. The van der Waals surface area contributed by atoms with Gasteiger partial charge in [0.1, 0.15) is 0 Å². The lowest BCUT2D eigenvalue weighted by atomic mass is 10.3. The van der Waals surface area contributed by atoms with Crippen LogP contribution in [0.2, 0.25) is 0 Å². The smallest absolute Gasteiger partial charge is 0.309 e. The van der Waals surface area contributed by atoms with Gasteiger partial charge in [-0.1, -0.05) is 5.11 Å². The van der Waals surface area contributed by atoms with Gasteiger partial charge >= 0.3 is 7.60 Å². The lowest BCUT2D eigenvalue weighted by Gasteiger charge is -2.16. The zero-order valence-electron chi connectivity index (χ0n) is 9.26. The van der Waals surface area contributed by atoms with Gasteiger partial charge in [0, 0.05) is 11.5 Å². The second kappa shape index (κ2) is 8.74. The predicted octanol–water partition coefficient (Wildman–Crippen LogP) is 3.34. The van der Waals surface area contributed by atoms with Crippen LogP contribution in [0.5, 0.6) is 0 Å². The van der Waals surface area contributed by atoms with E-state index in [1.54, 1.807) is 13.8 Å². The highest BCUT2D eigenvalue weighted by atomic mass is 31.2. The maximum atomic E-state index is 11.9. The summed E-state index contributed by atoms with van der Waals surface area (Å²) in [7, 11) is -2.90. The number of unbranched alkanes of at least 4 members (excludes halogenated alkanes) is 1. The maximum Gasteiger partial charge on any atom is 0.330 e. The van der Waals surface area contributed by atoms with Crippen molar-refractivity contribution in [3.8, 4) is 0 Å². The van der Waals surface area contributed by atoms with Crippen LogP contribution in [0.3, 0.4) is 0 Å². The monoisotopic (exact) mass is 235 g/mol. The van der Waals surface area contributed by atoms with Crippen LogP contribution < -0.4 is 0 Å². The van der Waals surface area contributed by atoms with Crippen molar-refractivity contribution >= 4 is 7.60 Å². The summed E-state index contributed by atoms with van der Waals surface area (Å²) in [5.74, 6) is 0. The van der Waals surface area contributed by atoms with Crippen LogP contribution in [0, 0.1) is 0 Å². The minimum atomic E-state index is -2.90. The lowest BCUT2D eigenvalue weighted by Crippen LogP contribution is -2.00. The summed E-state index contributed by atoms with van der Waals surface area (Å²) in [5.41, 5.74) is 8.05. The normalized spacial score (nSPS) is 11.1. The first kappa shape index (κ1) is 14.5. The van der Waals surface area contributed by atoms with E-state index in [-0.39, 0.29) is 0 Å². The third-order valence-electron chi connectivity index (χ3n) is 1.65. The van der Waals surface area contributed by atoms with Crippen molar-refractivity contribution in [2.75, 3.05) is 25.9 Å². The number of nitrogens with zero attached hydrogens (tertiary/aromatic N) is 3. The standard InChI is InChI=1S/C8H18N3O3P/c1-3-13-15(12,14-4-2)8-6-5-7-10-11-9/h3-8H2,1-2H3. The highest BCUT2D eigenvalue weighted by Gasteiger charge is 2.22. The second-order valence-corrected chi connectivity index (χ2v) is 5.02. The van der Waals surface area contributed by atoms with Crippen LogP contribution in [0.1, 0.15) is 26.7 Å². The van der Waals surface area contributed by atoms with Crippen molar-refractivity contribution in [2.45, 2.75) is 26.7 Å². The molecule has 15 heavy (non-hydrogen) atoms. The van der Waals surface area contributed by atoms with Crippen molar-refractivity contribution in [1.82, 2.24) is 0 Å². The van der Waals surface area contributed by atoms with E-state index in [2.05, 4.69) is 10.0 Å². The topological polar surface area (TPSA) is 84.3 Å². The lowest BCUT2D eigenvalue weighted by molar-refractivity contribution is 0.219. The van der Waals surface area contributed by atoms with Crippen molar-refractivity contribution in [2.24, 2.45) is 5.11 Å². The molecule has 0 fully saturated rings. The minimum Gasteiger partial charge on any atom is -0.309 e. The Hall–Kier alpha value is -0.540. The molecule has 0 bridgehead atoms. The Labute approximate surface area is 90.1 Å². The second-order valence-electron chi connectivity index (χ2n) is 2.83. The summed E-state index contributed by atoms with van der Waals surface area (Å²) in [4.78, 5) is 2.64. The first-order valence-electron chi connectivity index (χ1n) is 5.07. The molecule has 0 aliphatic heterocycles. The van der Waals surface area contributed by atoms with E-state index < -0.39 is 7.60 Å². The average molecular weight is 235 g/mol. The average Bonchev–Trinajstić information content (AvgIpc) is 2.18. The Morgan fingerprint density at radius 3 is 2.33 bits per heavy atom. The summed E-state index contributed by atoms with van der Waals surface area (Å²) in [5, 5.41) is 3.39. The van der Waals surface area contributed by atoms with Crippen LogP contribution in [0.4, 0.5) is 0 Å². The van der Waals surface area contributed by atoms with Crippen LogP contribution in [-0.2, 0) is 13.6 Å². The van der Waals surface area contributed by atoms with Gasteiger partial charge in [0.05, 0.1) is 19.4 Å². The van der Waals surface area contributed by atoms with E-state index >= 15 is 0 Å². The third kappa shape index (κ3) is 7.40. The van der Waals surface area contributed by atoms with Gasteiger partial charge in [0.25, 0.3) is 0 Å². The molecule has 0 rings (SSSR count). The van der Waals surface area contributed by atoms with E-state index in [1.165, 1.54) is 0 Å². The molecular weight excluding hydrogens is 217 g/mol. The van der Waals surface area contributed by atoms with E-state index in [0.29, 0.717) is 38.8 Å². The molecule has 0 saturated heterocycles. The van der Waals surface area contributed by atoms with Gasteiger partial charge in [-0.25, -0.2) is 0 Å². The van der Waals surface area contributed by atoms with E-state index in [4.69, 9.17) is 14.6 Å². The summed E-state index contributed by atoms with van der Waals surface area (Å²) in [6, 6.07) is 0. The molecule has 0 amide bonds. The molecule has 0 aromatic heterocycles. The number of hydrogen-bond acceptors (Lipinski definition) is 4. The SMILES string of the molecule is CCOP(=O)(CCCCN=[N+]=[N-])OCC. The Balaban J connectivity index is 3.85. The number of azide groups is 1. The fourth-order valence-electron chi connectivity index (χ4n) is 1.09. The van der Waals surface area contributed by atoms with Gasteiger partial charge in [-0.15, -0.1) is 0 Å². The summed E-state index contributed by atoms with van der Waals surface area (Å²) >= 11 is 0. The molecule has 0 saturated carbocycles. The molecule has 7 heteroatoms. The third-order valence-corrected chi connectivity index (χ3v) is 3.82. The molecule has 6 nitrogen and oxygen atoms in total. The molecule has 88 valence electrons. The van der Waals surface area contributed by atoms with E-state index in [1.807, 2.05) is 0 Å².